The van der Waals surface area contributed by atoms with Gasteiger partial charge in [0.05, 0.1) is 12.6 Å². The molecule has 1 amide bonds. The molecule has 0 saturated carbocycles. The van der Waals surface area contributed by atoms with Crippen LogP contribution >= 0.6 is 0 Å². The van der Waals surface area contributed by atoms with Gasteiger partial charge in [-0.3, -0.25) is 0 Å². The third-order valence-corrected chi connectivity index (χ3v) is 3.72. The molecular weight excluding hydrogens is 280 g/mol. The summed E-state index contributed by atoms with van der Waals surface area (Å²) in [6, 6.07) is 7.80. The van der Waals surface area contributed by atoms with Gasteiger partial charge < -0.3 is 20.1 Å². The predicted octanol–water partition coefficient (Wildman–Crippen LogP) is 2.99. The maximum absolute atomic E-state index is 12.2. The standard InChI is InChI=1S/C17H26N2O3/c1-17(2,3)22-16(21)19-10-6-8-14(19)11-18-15-9-5-4-7-13(15)12-20/h4-5,7,9,14,18,20H,6,8,10-12H2,1-3H3. The highest BCUT2D eigenvalue weighted by atomic mass is 16.6. The summed E-state index contributed by atoms with van der Waals surface area (Å²) in [5, 5.41) is 12.7. The molecule has 0 aromatic heterocycles. The molecule has 1 fully saturated rings. The molecule has 1 aliphatic heterocycles. The normalized spacial score (nSPS) is 18.4. The Hall–Kier alpha value is -1.75. The van der Waals surface area contributed by atoms with Crippen molar-refractivity contribution >= 4 is 11.8 Å². The average Bonchev–Trinajstić information content (AvgIpc) is 2.92. The van der Waals surface area contributed by atoms with Crippen LogP contribution in [0.15, 0.2) is 24.3 Å². The Kier molecular flexibility index (Phi) is 5.29. The second-order valence-corrected chi connectivity index (χ2v) is 6.67. The predicted molar refractivity (Wildman–Crippen MR) is 86.8 cm³/mol. The van der Waals surface area contributed by atoms with Gasteiger partial charge in [-0.2, -0.15) is 0 Å². The summed E-state index contributed by atoms with van der Waals surface area (Å²) < 4.78 is 5.47. The minimum Gasteiger partial charge on any atom is -0.444 e. The minimum absolute atomic E-state index is 0.00359. The third-order valence-electron chi connectivity index (χ3n) is 3.72. The fraction of sp³-hybridized carbons (Fsp3) is 0.588. The smallest absolute Gasteiger partial charge is 0.410 e. The Labute approximate surface area is 132 Å². The number of likely N-dealkylation sites (tertiary alicyclic amines) is 1. The topological polar surface area (TPSA) is 61.8 Å². The van der Waals surface area contributed by atoms with E-state index < -0.39 is 5.60 Å². The Morgan fingerprint density at radius 3 is 2.82 bits per heavy atom. The largest absolute Gasteiger partial charge is 0.444 e. The van der Waals surface area contributed by atoms with Crippen molar-refractivity contribution in [2.45, 2.75) is 51.9 Å². The van der Waals surface area contributed by atoms with Crippen molar-refractivity contribution in [3.05, 3.63) is 29.8 Å². The summed E-state index contributed by atoms with van der Waals surface area (Å²) in [6.07, 6.45) is 1.72. The van der Waals surface area contributed by atoms with Crippen LogP contribution in [-0.2, 0) is 11.3 Å². The molecule has 5 heteroatoms. The fourth-order valence-electron chi connectivity index (χ4n) is 2.67. The molecule has 1 atom stereocenters. The molecule has 22 heavy (non-hydrogen) atoms. The number of hydrogen-bond acceptors (Lipinski definition) is 4. The van der Waals surface area contributed by atoms with Crippen LogP contribution < -0.4 is 5.32 Å². The number of anilines is 1. The number of aliphatic hydroxyl groups excluding tert-OH is 1. The van der Waals surface area contributed by atoms with Crippen molar-refractivity contribution in [1.82, 2.24) is 4.90 Å². The summed E-state index contributed by atoms with van der Waals surface area (Å²) in [4.78, 5) is 14.0. The summed E-state index contributed by atoms with van der Waals surface area (Å²) in [6.45, 7) is 7.05. The van der Waals surface area contributed by atoms with Gasteiger partial charge in [0.2, 0.25) is 0 Å². The number of carbonyl (C=O) groups excluding carboxylic acids is 1. The first-order valence-electron chi connectivity index (χ1n) is 7.83. The molecule has 1 saturated heterocycles. The second kappa shape index (κ2) is 7.01. The zero-order chi connectivity index (χ0) is 16.2. The maximum Gasteiger partial charge on any atom is 0.410 e. The van der Waals surface area contributed by atoms with Crippen LogP contribution in [0.25, 0.3) is 0 Å². The van der Waals surface area contributed by atoms with Gasteiger partial charge in [0.1, 0.15) is 5.60 Å². The van der Waals surface area contributed by atoms with Gasteiger partial charge in [0.25, 0.3) is 0 Å². The summed E-state index contributed by atoms with van der Waals surface area (Å²) in [5.74, 6) is 0. The zero-order valence-corrected chi connectivity index (χ0v) is 13.6. The third kappa shape index (κ3) is 4.37. The molecule has 2 rings (SSSR count). The zero-order valence-electron chi connectivity index (χ0n) is 13.6. The van der Waals surface area contributed by atoms with E-state index in [1.165, 1.54) is 0 Å². The van der Waals surface area contributed by atoms with Gasteiger partial charge in [-0.1, -0.05) is 18.2 Å². The van der Waals surface area contributed by atoms with E-state index in [0.29, 0.717) is 6.54 Å². The number of benzene rings is 1. The van der Waals surface area contributed by atoms with E-state index in [1.54, 1.807) is 4.90 Å². The number of aliphatic hydroxyl groups is 1. The number of hydrogen-bond donors (Lipinski definition) is 2. The van der Waals surface area contributed by atoms with Gasteiger partial charge in [0, 0.05) is 24.3 Å². The highest BCUT2D eigenvalue weighted by Gasteiger charge is 2.31. The Balaban J connectivity index is 1.95. The molecule has 0 aliphatic carbocycles. The molecule has 1 aromatic rings. The summed E-state index contributed by atoms with van der Waals surface area (Å²) in [5.41, 5.74) is 1.31. The van der Waals surface area contributed by atoms with E-state index >= 15 is 0 Å². The molecule has 0 radical (unpaired) electrons. The molecule has 1 heterocycles. The lowest BCUT2D eigenvalue weighted by atomic mass is 10.1. The Morgan fingerprint density at radius 1 is 1.41 bits per heavy atom. The molecule has 1 unspecified atom stereocenters. The number of para-hydroxylation sites is 1. The fourth-order valence-corrected chi connectivity index (χ4v) is 2.67. The first kappa shape index (κ1) is 16.6. The number of carbonyl (C=O) groups is 1. The molecule has 0 bridgehead atoms. The van der Waals surface area contributed by atoms with Crippen molar-refractivity contribution in [1.29, 1.82) is 0 Å². The lowest BCUT2D eigenvalue weighted by Crippen LogP contribution is -2.42. The lowest BCUT2D eigenvalue weighted by molar-refractivity contribution is 0.0235. The highest BCUT2D eigenvalue weighted by molar-refractivity contribution is 5.69. The number of nitrogens with one attached hydrogen (secondary N) is 1. The molecule has 1 aliphatic rings. The molecule has 5 nitrogen and oxygen atoms in total. The minimum atomic E-state index is -0.471. The first-order chi connectivity index (χ1) is 10.4. The maximum atomic E-state index is 12.2. The number of rotatable bonds is 4. The molecular formula is C17H26N2O3. The van der Waals surface area contributed by atoms with Crippen LogP contribution in [0.2, 0.25) is 0 Å². The monoisotopic (exact) mass is 306 g/mol. The summed E-state index contributed by atoms with van der Waals surface area (Å²) in [7, 11) is 0. The van der Waals surface area contributed by atoms with Gasteiger partial charge in [-0.05, 0) is 39.7 Å². The van der Waals surface area contributed by atoms with Crippen molar-refractivity contribution in [3.8, 4) is 0 Å². The van der Waals surface area contributed by atoms with Crippen LogP contribution in [0.4, 0.5) is 10.5 Å². The highest BCUT2D eigenvalue weighted by Crippen LogP contribution is 2.22. The molecule has 122 valence electrons. The second-order valence-electron chi connectivity index (χ2n) is 6.67. The van der Waals surface area contributed by atoms with E-state index in [1.807, 2.05) is 45.0 Å². The van der Waals surface area contributed by atoms with Crippen molar-refractivity contribution in [3.63, 3.8) is 0 Å². The Bertz CT molecular complexity index is 511. The summed E-state index contributed by atoms with van der Waals surface area (Å²) >= 11 is 0. The average molecular weight is 306 g/mol. The van der Waals surface area contributed by atoms with E-state index in [0.717, 1.165) is 30.6 Å². The number of amides is 1. The van der Waals surface area contributed by atoms with Gasteiger partial charge >= 0.3 is 6.09 Å². The van der Waals surface area contributed by atoms with E-state index in [4.69, 9.17) is 4.74 Å². The number of ether oxygens (including phenoxy) is 1. The van der Waals surface area contributed by atoms with Gasteiger partial charge in [-0.15, -0.1) is 0 Å². The van der Waals surface area contributed by atoms with Gasteiger partial charge in [-0.25, -0.2) is 4.79 Å². The quantitative estimate of drug-likeness (QED) is 0.897. The van der Waals surface area contributed by atoms with E-state index in [9.17, 15) is 9.90 Å². The molecule has 0 spiro atoms. The van der Waals surface area contributed by atoms with Crippen LogP contribution in [0.5, 0.6) is 0 Å². The van der Waals surface area contributed by atoms with Crippen molar-refractivity contribution in [2.75, 3.05) is 18.4 Å². The lowest BCUT2D eigenvalue weighted by Gasteiger charge is -2.29. The SMILES string of the molecule is CC(C)(C)OC(=O)N1CCCC1CNc1ccccc1CO. The molecule has 2 N–H and O–H groups in total. The van der Waals surface area contributed by atoms with Gasteiger partial charge in [0.15, 0.2) is 0 Å². The van der Waals surface area contributed by atoms with Crippen LogP contribution in [-0.4, -0.2) is 40.8 Å². The van der Waals surface area contributed by atoms with Crippen LogP contribution in [0, 0.1) is 0 Å². The first-order valence-corrected chi connectivity index (χ1v) is 7.83. The van der Waals surface area contributed by atoms with Crippen molar-refractivity contribution < 1.29 is 14.6 Å². The van der Waals surface area contributed by atoms with Crippen LogP contribution in [0.1, 0.15) is 39.2 Å². The Morgan fingerprint density at radius 2 is 2.14 bits per heavy atom. The van der Waals surface area contributed by atoms with E-state index in [2.05, 4.69) is 5.32 Å². The van der Waals surface area contributed by atoms with Crippen molar-refractivity contribution in [2.24, 2.45) is 0 Å². The van der Waals surface area contributed by atoms with E-state index in [-0.39, 0.29) is 18.7 Å². The number of nitrogens with zero attached hydrogens (tertiary/aromatic N) is 1. The van der Waals surface area contributed by atoms with Crippen LogP contribution in [0.3, 0.4) is 0 Å². The molecule has 1 aromatic carbocycles.